The molecule has 1 amide bonds. The molecule has 0 fully saturated rings. The number of rotatable bonds is 4. The molecule has 14 heteroatoms. The van der Waals surface area contributed by atoms with E-state index >= 15 is 0 Å². The number of nitrogens with zero attached hydrogens (tertiary/aromatic N) is 8. The van der Waals surface area contributed by atoms with Gasteiger partial charge in [0.15, 0.2) is 5.65 Å². The highest BCUT2D eigenvalue weighted by atomic mass is 79.9. The fraction of sp³-hybridized carbons (Fsp3) is 0.333. The molecule has 5 aromatic rings. The van der Waals surface area contributed by atoms with E-state index in [1.807, 2.05) is 33.9 Å². The number of amides is 1. The van der Waals surface area contributed by atoms with Crippen LogP contribution >= 0.6 is 15.9 Å². The largest absolute Gasteiger partial charge is 0.417 e. The van der Waals surface area contributed by atoms with Gasteiger partial charge in [-0.3, -0.25) is 9.59 Å². The first kappa shape index (κ1) is 29.7. The highest BCUT2D eigenvalue weighted by Crippen LogP contribution is 2.36. The van der Waals surface area contributed by atoms with Crippen molar-refractivity contribution in [1.29, 1.82) is 0 Å². The van der Waals surface area contributed by atoms with E-state index in [4.69, 9.17) is 10.1 Å². The van der Waals surface area contributed by atoms with Crippen molar-refractivity contribution in [2.75, 3.05) is 0 Å². The second-order valence-electron chi connectivity index (χ2n) is 11.3. The molecule has 228 valence electrons. The van der Waals surface area contributed by atoms with E-state index in [1.165, 1.54) is 21.6 Å². The van der Waals surface area contributed by atoms with Gasteiger partial charge in [-0.1, -0.05) is 29.8 Å². The van der Waals surface area contributed by atoms with Crippen LogP contribution < -0.4 is 5.56 Å². The summed E-state index contributed by atoms with van der Waals surface area (Å²) in [5.74, 6) is -0.267. The van der Waals surface area contributed by atoms with Crippen LogP contribution in [-0.2, 0) is 26.2 Å². The molecule has 10 nitrogen and oxygen atoms in total. The molecular weight excluding hydrogens is 641 g/mol. The van der Waals surface area contributed by atoms with Crippen molar-refractivity contribution in [2.45, 2.75) is 58.8 Å². The van der Waals surface area contributed by atoms with Crippen LogP contribution in [0.2, 0.25) is 0 Å². The number of imidazole rings is 1. The van der Waals surface area contributed by atoms with Gasteiger partial charge in [-0.25, -0.2) is 24.2 Å². The van der Waals surface area contributed by atoms with E-state index in [0.717, 1.165) is 17.5 Å². The molecule has 4 aromatic heterocycles. The first-order valence-electron chi connectivity index (χ1n) is 13.9. The second-order valence-corrected chi connectivity index (χ2v) is 12.2. The standard InChI is InChI=1S/C30H28BrF3N8O2/c1-15(2)23-9-17(4)42(38-23)29-37-25-13-40(27(43)18-6-7-22(31)21(10-18)30(32,33)34)16(3)8-20(25)28(44)41(29)19-11-24-26(35-12-19)39(5)14-36-24/h6-7,9-12,14-16H,8,13H2,1-5H3. The Balaban J connectivity index is 1.50. The van der Waals surface area contributed by atoms with Crippen LogP contribution in [0.3, 0.4) is 0 Å². The summed E-state index contributed by atoms with van der Waals surface area (Å²) in [6.45, 7) is 7.57. The van der Waals surface area contributed by atoms with Gasteiger partial charge in [0.2, 0.25) is 5.95 Å². The summed E-state index contributed by atoms with van der Waals surface area (Å²) in [7, 11) is 1.83. The number of aryl methyl sites for hydroxylation is 2. The Labute approximate surface area is 258 Å². The molecule has 1 unspecified atom stereocenters. The minimum absolute atomic E-state index is 0.0648. The maximum Gasteiger partial charge on any atom is 0.417 e. The summed E-state index contributed by atoms with van der Waals surface area (Å²) in [5.41, 5.74) is 2.62. The van der Waals surface area contributed by atoms with Crippen LogP contribution in [0.5, 0.6) is 0 Å². The molecule has 6 rings (SSSR count). The zero-order valence-corrected chi connectivity index (χ0v) is 26.1. The average molecular weight is 670 g/mol. The molecule has 0 aliphatic carbocycles. The van der Waals surface area contributed by atoms with Crippen LogP contribution in [-0.4, -0.2) is 50.7 Å². The lowest BCUT2D eigenvalue weighted by molar-refractivity contribution is -0.138. The summed E-state index contributed by atoms with van der Waals surface area (Å²) >= 11 is 2.93. The highest BCUT2D eigenvalue weighted by molar-refractivity contribution is 9.10. The maximum absolute atomic E-state index is 14.3. The van der Waals surface area contributed by atoms with Crippen molar-refractivity contribution in [2.24, 2.45) is 7.05 Å². The average Bonchev–Trinajstić information content (AvgIpc) is 3.54. The molecule has 0 saturated carbocycles. The van der Waals surface area contributed by atoms with Gasteiger partial charge in [-0.05, 0) is 56.5 Å². The summed E-state index contributed by atoms with van der Waals surface area (Å²) < 4.78 is 45.4. The number of carbonyl (C=O) groups excluding carboxylic acids is 1. The first-order valence-corrected chi connectivity index (χ1v) is 14.7. The van der Waals surface area contributed by atoms with Crippen molar-refractivity contribution < 1.29 is 18.0 Å². The molecule has 0 spiro atoms. The molecule has 0 radical (unpaired) electrons. The number of hydrogen-bond donors (Lipinski definition) is 0. The van der Waals surface area contributed by atoms with Gasteiger partial charge in [0.25, 0.3) is 11.5 Å². The molecule has 0 bridgehead atoms. The first-order chi connectivity index (χ1) is 20.7. The van der Waals surface area contributed by atoms with Gasteiger partial charge in [0, 0.05) is 34.4 Å². The third-order valence-corrected chi connectivity index (χ3v) is 8.55. The van der Waals surface area contributed by atoms with Crippen LogP contribution in [0.25, 0.3) is 22.8 Å². The van der Waals surface area contributed by atoms with Gasteiger partial charge >= 0.3 is 6.18 Å². The van der Waals surface area contributed by atoms with E-state index < -0.39 is 23.7 Å². The molecule has 1 atom stereocenters. The van der Waals surface area contributed by atoms with Gasteiger partial charge in [-0.15, -0.1) is 0 Å². The number of hydrogen-bond acceptors (Lipinski definition) is 6. The van der Waals surface area contributed by atoms with E-state index in [0.29, 0.717) is 28.1 Å². The van der Waals surface area contributed by atoms with Crippen molar-refractivity contribution >= 4 is 33.0 Å². The summed E-state index contributed by atoms with van der Waals surface area (Å²) in [5, 5.41) is 4.74. The van der Waals surface area contributed by atoms with Crippen molar-refractivity contribution in [3.05, 3.63) is 91.5 Å². The Bertz CT molecular complexity index is 2010. The van der Waals surface area contributed by atoms with Gasteiger partial charge in [0.05, 0.1) is 41.7 Å². The maximum atomic E-state index is 14.3. The van der Waals surface area contributed by atoms with Crippen molar-refractivity contribution in [3.63, 3.8) is 0 Å². The van der Waals surface area contributed by atoms with E-state index in [9.17, 15) is 22.8 Å². The molecule has 0 saturated heterocycles. The molecule has 1 aliphatic heterocycles. The second kappa shape index (κ2) is 10.7. The molecule has 1 aliphatic rings. The minimum atomic E-state index is -4.64. The molecule has 5 heterocycles. The van der Waals surface area contributed by atoms with E-state index in [-0.39, 0.29) is 40.4 Å². The fourth-order valence-corrected chi connectivity index (χ4v) is 5.92. The van der Waals surface area contributed by atoms with Crippen molar-refractivity contribution in [3.8, 4) is 11.6 Å². The fourth-order valence-electron chi connectivity index (χ4n) is 5.45. The normalized spacial score (nSPS) is 15.3. The number of fused-ring (bicyclic) bond motifs is 2. The molecule has 44 heavy (non-hydrogen) atoms. The Hall–Kier alpha value is -4.33. The molecule has 1 aromatic carbocycles. The predicted molar refractivity (Wildman–Crippen MR) is 160 cm³/mol. The number of halogens is 4. The Morgan fingerprint density at radius 2 is 1.89 bits per heavy atom. The highest BCUT2D eigenvalue weighted by Gasteiger charge is 2.36. The molecule has 0 N–H and O–H groups in total. The lowest BCUT2D eigenvalue weighted by atomic mass is 9.98. The van der Waals surface area contributed by atoms with Crippen LogP contribution in [0, 0.1) is 6.92 Å². The lowest BCUT2D eigenvalue weighted by Crippen LogP contribution is -2.46. The van der Waals surface area contributed by atoms with Crippen molar-refractivity contribution in [1.82, 2.24) is 38.8 Å². The summed E-state index contributed by atoms with van der Waals surface area (Å²) in [6.07, 6.45) is -1.26. The SMILES string of the molecule is Cc1cc(C(C)C)nn1-c1nc2c(c(=O)n1-c1cnc3c(c1)ncn3C)CC(C)N(C(=O)c1ccc(Br)c(C(F)(F)F)c1)C2. The number of aromatic nitrogens is 7. The number of pyridine rings is 1. The van der Waals surface area contributed by atoms with Gasteiger partial charge < -0.3 is 9.47 Å². The number of carbonyl (C=O) groups is 1. The summed E-state index contributed by atoms with van der Waals surface area (Å²) in [6, 6.07) is 6.60. The lowest BCUT2D eigenvalue weighted by Gasteiger charge is -2.34. The van der Waals surface area contributed by atoms with Crippen LogP contribution in [0.1, 0.15) is 65.3 Å². The Kier molecular flexibility index (Phi) is 7.22. The Morgan fingerprint density at radius 3 is 2.57 bits per heavy atom. The van der Waals surface area contributed by atoms with E-state index in [1.54, 1.807) is 34.8 Å². The monoisotopic (exact) mass is 668 g/mol. The third-order valence-electron chi connectivity index (χ3n) is 7.86. The zero-order valence-electron chi connectivity index (χ0n) is 24.5. The van der Waals surface area contributed by atoms with E-state index in [2.05, 4.69) is 25.9 Å². The molecular formula is C30H28BrF3N8O2. The number of benzene rings is 1. The minimum Gasteiger partial charge on any atom is -0.330 e. The third kappa shape index (κ3) is 5.00. The summed E-state index contributed by atoms with van der Waals surface area (Å²) in [4.78, 5) is 43.1. The van der Waals surface area contributed by atoms with Gasteiger partial charge in [-0.2, -0.15) is 18.3 Å². The van der Waals surface area contributed by atoms with Crippen LogP contribution in [0.15, 0.2) is 52.1 Å². The Morgan fingerprint density at radius 1 is 1.14 bits per heavy atom. The number of alkyl halides is 3. The zero-order chi connectivity index (χ0) is 31.7. The smallest absolute Gasteiger partial charge is 0.330 e. The quantitative estimate of drug-likeness (QED) is 0.251. The van der Waals surface area contributed by atoms with Gasteiger partial charge in [0.1, 0.15) is 5.52 Å². The predicted octanol–water partition coefficient (Wildman–Crippen LogP) is 5.50. The van der Waals surface area contributed by atoms with Crippen LogP contribution in [0.4, 0.5) is 13.2 Å². The topological polar surface area (TPSA) is 104 Å².